The molecule has 3 N–H and O–H groups in total. The molecule has 31 heavy (non-hydrogen) atoms. The average Bonchev–Trinajstić information content (AvgIpc) is 3.09. The Morgan fingerprint density at radius 1 is 1.32 bits per heavy atom. The lowest BCUT2D eigenvalue weighted by Crippen LogP contribution is -2.58. The number of hydrogen-bond acceptors (Lipinski definition) is 7. The molecule has 1 amide bonds. The van der Waals surface area contributed by atoms with Gasteiger partial charge in [-0.15, -0.1) is 0 Å². The third kappa shape index (κ3) is 6.03. The Morgan fingerprint density at radius 3 is 2.74 bits per heavy atom. The molecule has 2 aromatic rings. The maximum absolute atomic E-state index is 12.9. The Kier molecular flexibility index (Phi) is 7.31. The molecule has 1 saturated heterocycles. The molecule has 0 aromatic carbocycles. The number of amides is 1. The highest BCUT2D eigenvalue weighted by Gasteiger charge is 2.37. The fourth-order valence-corrected chi connectivity index (χ4v) is 3.28. The molecule has 12 heteroatoms. The van der Waals surface area contributed by atoms with Gasteiger partial charge in [0, 0.05) is 38.1 Å². The van der Waals surface area contributed by atoms with E-state index in [2.05, 4.69) is 35.7 Å². The van der Waals surface area contributed by atoms with Gasteiger partial charge in [0.15, 0.2) is 11.3 Å². The number of likely N-dealkylation sites (N-methyl/N-ethyl adjacent to an activating group) is 1. The van der Waals surface area contributed by atoms with Crippen molar-refractivity contribution in [3.8, 4) is 0 Å². The summed E-state index contributed by atoms with van der Waals surface area (Å²) in [6, 6.07) is 0.306. The number of carbonyl (C=O) groups excluding carboxylic acids is 1. The van der Waals surface area contributed by atoms with Crippen molar-refractivity contribution in [3.05, 3.63) is 11.9 Å². The SMILES string of the molecule is CC(C)C(=O)NCCN(C)CCCNC1CN(c2cnc3c(C(F)(F)F)n[nH]c3n2)C1. The van der Waals surface area contributed by atoms with Crippen LogP contribution >= 0.6 is 0 Å². The summed E-state index contributed by atoms with van der Waals surface area (Å²) >= 11 is 0. The van der Waals surface area contributed by atoms with Crippen LogP contribution in [0.4, 0.5) is 19.0 Å². The van der Waals surface area contributed by atoms with Crippen LogP contribution in [0.15, 0.2) is 6.20 Å². The lowest BCUT2D eigenvalue weighted by molar-refractivity contribution is -0.140. The monoisotopic (exact) mass is 442 g/mol. The Balaban J connectivity index is 1.33. The van der Waals surface area contributed by atoms with Gasteiger partial charge in [0.05, 0.1) is 6.20 Å². The maximum atomic E-state index is 12.9. The second-order valence-corrected chi connectivity index (χ2v) is 8.15. The summed E-state index contributed by atoms with van der Waals surface area (Å²) in [4.78, 5) is 23.8. The van der Waals surface area contributed by atoms with E-state index in [4.69, 9.17) is 0 Å². The molecule has 0 bridgehead atoms. The molecule has 1 aliphatic rings. The molecule has 2 aromatic heterocycles. The summed E-state index contributed by atoms with van der Waals surface area (Å²) in [7, 11) is 2.03. The maximum Gasteiger partial charge on any atom is 0.437 e. The first-order valence-electron chi connectivity index (χ1n) is 10.4. The second-order valence-electron chi connectivity index (χ2n) is 8.15. The number of alkyl halides is 3. The summed E-state index contributed by atoms with van der Waals surface area (Å²) in [6.07, 6.45) is -2.22. The van der Waals surface area contributed by atoms with Crippen LogP contribution in [-0.4, -0.2) is 83.3 Å². The fraction of sp³-hybridized carbons (Fsp3) is 0.684. The number of aromatic nitrogens is 4. The lowest BCUT2D eigenvalue weighted by Gasteiger charge is -2.40. The number of carbonyl (C=O) groups is 1. The number of fused-ring (bicyclic) bond motifs is 1. The first-order chi connectivity index (χ1) is 14.6. The topological polar surface area (TPSA) is 102 Å². The number of aromatic amines is 1. The normalized spacial score (nSPS) is 15.2. The summed E-state index contributed by atoms with van der Waals surface area (Å²) in [5.41, 5.74) is -1.27. The van der Waals surface area contributed by atoms with Crippen molar-refractivity contribution in [2.45, 2.75) is 32.5 Å². The van der Waals surface area contributed by atoms with Gasteiger partial charge in [0.2, 0.25) is 5.91 Å². The van der Waals surface area contributed by atoms with E-state index in [-0.39, 0.29) is 23.0 Å². The largest absolute Gasteiger partial charge is 0.437 e. The molecule has 0 radical (unpaired) electrons. The number of rotatable bonds is 10. The van der Waals surface area contributed by atoms with Crippen molar-refractivity contribution < 1.29 is 18.0 Å². The van der Waals surface area contributed by atoms with Gasteiger partial charge in [-0.1, -0.05) is 13.8 Å². The zero-order valence-corrected chi connectivity index (χ0v) is 18.0. The highest BCUT2D eigenvalue weighted by molar-refractivity contribution is 5.77. The Labute approximate surface area is 178 Å². The molecule has 0 atom stereocenters. The zero-order valence-electron chi connectivity index (χ0n) is 18.0. The van der Waals surface area contributed by atoms with Crippen molar-refractivity contribution >= 4 is 22.9 Å². The van der Waals surface area contributed by atoms with E-state index < -0.39 is 11.9 Å². The average molecular weight is 442 g/mol. The van der Waals surface area contributed by atoms with Gasteiger partial charge in [0.1, 0.15) is 11.3 Å². The van der Waals surface area contributed by atoms with Crippen LogP contribution in [0.2, 0.25) is 0 Å². The highest BCUT2D eigenvalue weighted by atomic mass is 19.4. The molecule has 3 rings (SSSR count). The number of H-pyrrole nitrogens is 1. The first-order valence-corrected chi connectivity index (χ1v) is 10.4. The minimum absolute atomic E-state index is 0.00119. The standard InChI is InChI=1S/C19H29F3N8O/c1-12(2)18(31)24-6-8-29(3)7-4-5-23-13-10-30(11-13)14-9-25-15-16(19(20,21)22)27-28-17(15)26-14/h9,12-13,23H,4-8,10-11H2,1-3H3,(H,24,31)(H,26,27,28). The van der Waals surface area contributed by atoms with E-state index in [1.807, 2.05) is 25.8 Å². The molecule has 1 fully saturated rings. The molecule has 3 heterocycles. The summed E-state index contributed by atoms with van der Waals surface area (Å²) in [6.45, 7) is 8.42. The van der Waals surface area contributed by atoms with Gasteiger partial charge < -0.3 is 20.4 Å². The summed E-state index contributed by atoms with van der Waals surface area (Å²) < 4.78 is 38.6. The van der Waals surface area contributed by atoms with Gasteiger partial charge in [0.25, 0.3) is 0 Å². The van der Waals surface area contributed by atoms with Gasteiger partial charge in [-0.3, -0.25) is 9.89 Å². The predicted molar refractivity (Wildman–Crippen MR) is 111 cm³/mol. The van der Waals surface area contributed by atoms with Crippen LogP contribution in [-0.2, 0) is 11.0 Å². The molecular formula is C19H29F3N8O. The third-order valence-electron chi connectivity index (χ3n) is 5.20. The lowest BCUT2D eigenvalue weighted by atomic mass is 10.1. The van der Waals surface area contributed by atoms with Crippen LogP contribution in [0.25, 0.3) is 11.2 Å². The Bertz CT molecular complexity index is 879. The highest BCUT2D eigenvalue weighted by Crippen LogP contribution is 2.32. The predicted octanol–water partition coefficient (Wildman–Crippen LogP) is 1.24. The van der Waals surface area contributed by atoms with Gasteiger partial charge in [-0.2, -0.15) is 18.3 Å². The number of halogens is 3. The van der Waals surface area contributed by atoms with Crippen LogP contribution in [0.3, 0.4) is 0 Å². The smallest absolute Gasteiger partial charge is 0.355 e. The van der Waals surface area contributed by atoms with E-state index in [9.17, 15) is 18.0 Å². The number of nitrogens with one attached hydrogen (secondary N) is 3. The number of nitrogens with zero attached hydrogens (tertiary/aromatic N) is 5. The quantitative estimate of drug-likeness (QED) is 0.476. The van der Waals surface area contributed by atoms with Crippen molar-refractivity contribution in [3.63, 3.8) is 0 Å². The van der Waals surface area contributed by atoms with Crippen LogP contribution in [0.5, 0.6) is 0 Å². The minimum Gasteiger partial charge on any atom is -0.355 e. The van der Waals surface area contributed by atoms with Crippen molar-refractivity contribution in [2.75, 3.05) is 51.2 Å². The Morgan fingerprint density at radius 2 is 2.06 bits per heavy atom. The molecule has 1 aliphatic heterocycles. The van der Waals surface area contributed by atoms with Crippen LogP contribution < -0.4 is 15.5 Å². The molecule has 9 nitrogen and oxygen atoms in total. The van der Waals surface area contributed by atoms with Crippen molar-refractivity contribution in [1.82, 2.24) is 35.7 Å². The molecule has 0 aliphatic carbocycles. The fourth-order valence-electron chi connectivity index (χ4n) is 3.28. The van der Waals surface area contributed by atoms with Gasteiger partial charge in [-0.25, -0.2) is 9.97 Å². The summed E-state index contributed by atoms with van der Waals surface area (Å²) in [5, 5.41) is 12.0. The zero-order chi connectivity index (χ0) is 22.6. The van der Waals surface area contributed by atoms with Gasteiger partial charge in [-0.05, 0) is 26.6 Å². The van der Waals surface area contributed by atoms with Gasteiger partial charge >= 0.3 is 6.18 Å². The van der Waals surface area contributed by atoms with Crippen LogP contribution in [0, 0.1) is 5.92 Å². The van der Waals surface area contributed by atoms with E-state index in [0.717, 1.165) is 39.1 Å². The van der Waals surface area contributed by atoms with Crippen molar-refractivity contribution in [1.29, 1.82) is 0 Å². The van der Waals surface area contributed by atoms with E-state index in [1.54, 1.807) is 0 Å². The number of anilines is 1. The van der Waals surface area contributed by atoms with Crippen molar-refractivity contribution in [2.24, 2.45) is 5.92 Å². The summed E-state index contributed by atoms with van der Waals surface area (Å²) in [5.74, 6) is 0.606. The molecular weight excluding hydrogens is 413 g/mol. The van der Waals surface area contributed by atoms with E-state index >= 15 is 0 Å². The molecule has 0 saturated carbocycles. The minimum atomic E-state index is -4.56. The first kappa shape index (κ1) is 23.2. The number of hydrogen-bond donors (Lipinski definition) is 3. The van der Waals surface area contributed by atoms with E-state index in [0.29, 0.717) is 18.4 Å². The third-order valence-corrected chi connectivity index (χ3v) is 5.20. The van der Waals surface area contributed by atoms with E-state index in [1.165, 1.54) is 6.20 Å². The molecule has 172 valence electrons. The second kappa shape index (κ2) is 9.77. The van der Waals surface area contributed by atoms with Crippen LogP contribution in [0.1, 0.15) is 26.0 Å². The molecule has 0 spiro atoms. The molecule has 0 unspecified atom stereocenters. The Hall–Kier alpha value is -2.47.